The van der Waals surface area contributed by atoms with Crippen LogP contribution in [0.2, 0.25) is 0 Å². The molecular formula is C81H101BrClIN6O4. The molecule has 0 saturated heterocycles. The van der Waals surface area contributed by atoms with Crippen molar-refractivity contribution in [2.75, 3.05) is 32.1 Å². The van der Waals surface area contributed by atoms with Crippen molar-refractivity contribution < 1.29 is 86.9 Å². The highest BCUT2D eigenvalue weighted by Gasteiger charge is 2.45. The van der Waals surface area contributed by atoms with Gasteiger partial charge in [-0.2, -0.15) is 9.15 Å². The van der Waals surface area contributed by atoms with Crippen molar-refractivity contribution >= 4 is 74.6 Å². The van der Waals surface area contributed by atoms with Crippen LogP contribution in [0.1, 0.15) is 183 Å². The second kappa shape index (κ2) is 31.8. The largest absolute Gasteiger partial charge is 1.00 e. The van der Waals surface area contributed by atoms with E-state index in [2.05, 4.69) is 317 Å². The van der Waals surface area contributed by atoms with Gasteiger partial charge >= 0.3 is 11.9 Å². The highest BCUT2D eigenvalue weighted by Crippen LogP contribution is 2.48. The zero-order valence-corrected chi connectivity index (χ0v) is 63.4. The fourth-order valence-electron chi connectivity index (χ4n) is 13.7. The van der Waals surface area contributed by atoms with Crippen LogP contribution in [0, 0.1) is 0 Å². The second-order valence-electron chi connectivity index (χ2n) is 28.2. The van der Waals surface area contributed by atoms with E-state index in [1.165, 1.54) is 90.4 Å². The molecule has 94 heavy (non-hydrogen) atoms. The number of hydrogen-bond acceptors (Lipinski definition) is 5. The van der Waals surface area contributed by atoms with Crippen molar-refractivity contribution in [3.05, 3.63) is 215 Å². The van der Waals surface area contributed by atoms with Crippen LogP contribution in [0.4, 0.5) is 34.1 Å². The third-order valence-electron chi connectivity index (χ3n) is 20.6. The van der Waals surface area contributed by atoms with Gasteiger partial charge in [-0.05, 0) is 116 Å². The topological polar surface area (TPSA) is 112 Å². The van der Waals surface area contributed by atoms with Gasteiger partial charge in [0, 0.05) is 120 Å². The van der Waals surface area contributed by atoms with E-state index in [-0.39, 0.29) is 98.7 Å². The Morgan fingerprint density at radius 2 is 0.862 bits per heavy atom. The van der Waals surface area contributed by atoms with E-state index in [0.717, 1.165) is 43.7 Å². The van der Waals surface area contributed by atoms with Gasteiger partial charge < -0.3 is 68.5 Å². The van der Waals surface area contributed by atoms with Gasteiger partial charge in [-0.25, -0.2) is 4.58 Å². The minimum absolute atomic E-state index is 0. The molecule has 13 heteroatoms. The number of nitrogens with zero attached hydrogens (tertiary/aromatic N) is 6. The first-order chi connectivity index (χ1) is 42.9. The molecule has 0 unspecified atom stereocenters. The van der Waals surface area contributed by atoms with E-state index in [9.17, 15) is 9.59 Å². The summed E-state index contributed by atoms with van der Waals surface area (Å²) in [5.41, 5.74) is 23.7. The molecule has 6 heterocycles. The van der Waals surface area contributed by atoms with Crippen LogP contribution in [0.15, 0.2) is 192 Å². The van der Waals surface area contributed by atoms with Gasteiger partial charge in [0.1, 0.15) is 20.6 Å². The van der Waals surface area contributed by atoms with Crippen LogP contribution in [-0.4, -0.2) is 91.6 Å². The number of hydrogen-bond donors (Lipinski definition) is 2. The number of aliphatic imine (C=N–C) groups is 2. The van der Waals surface area contributed by atoms with Gasteiger partial charge in [-0.15, -0.1) is 0 Å². The molecular weight excluding hydrogens is 1360 g/mol. The number of para-hydroxylation sites is 6. The first-order valence-electron chi connectivity index (χ1n) is 32.6. The number of unbranched alkanes of at least 4 members (excludes halogenated alkanes) is 2. The Balaban J connectivity index is 0.000000229. The molecule has 0 radical (unpaired) electrons. The summed E-state index contributed by atoms with van der Waals surface area (Å²) in [6.45, 7) is 37.3. The van der Waals surface area contributed by atoms with Crippen LogP contribution in [0.25, 0.3) is 0 Å². The maximum atomic E-state index is 10.9. The maximum Gasteiger partial charge on any atom is 0.303 e. The molecule has 0 fully saturated rings. The van der Waals surface area contributed by atoms with Crippen LogP contribution in [0.5, 0.6) is 0 Å². The summed E-state index contributed by atoms with van der Waals surface area (Å²) in [6.07, 6.45) is 14.4. The molecule has 0 amide bonds. The van der Waals surface area contributed by atoms with E-state index in [4.69, 9.17) is 10.2 Å². The molecule has 0 aromatic heterocycles. The summed E-state index contributed by atoms with van der Waals surface area (Å²) < 4.78 is 6.92. The molecule has 10 nitrogen and oxygen atoms in total. The number of aliphatic carboxylic acids is 2. The number of carboxylic acid groups (broad SMARTS) is 2. The van der Waals surface area contributed by atoms with E-state index in [1.807, 2.05) is 12.1 Å². The molecule has 2 N–H and O–H groups in total. The Morgan fingerprint density at radius 1 is 0.457 bits per heavy atom. The third kappa shape index (κ3) is 16.2. The Bertz CT molecular complexity index is 3930. The molecule has 0 bridgehead atoms. The lowest BCUT2D eigenvalue weighted by Crippen LogP contribution is -3.00. The first-order valence-corrected chi connectivity index (χ1v) is 32.6. The third-order valence-corrected chi connectivity index (χ3v) is 20.6. The standard InChI is InChI=1S/C31H36N2O2.C16H21NO2.C12H16N.2C11H13N.BrH.ClH.HI/c1-30(2)23-15-9-11-17-25(23)32(5)27(30)19-7-6-8-20-28-31(3,4)24-16-10-12-18-26(24)33(28)22-14-13-21-29(34)35;1-12-16(2,3)13-8-4-5-9-14(13)17(12)11-7-6-10-15(18)19;1-9-12(2,3)10-7-5-6-8-11(10)13(9)4;2*1-8-11(2,3)9-6-4-5-7-10(9)12-8;;;/h6-12,15-20H,13-14,21-22H2,1-5H3;4-5,8-9H,6-7,10-11H2,1-3H3;5-8H,1-4H3;2*4-7H,1-3H3;3*1H/q;;+1;;;;;/p-1. The van der Waals surface area contributed by atoms with Gasteiger partial charge in [0.2, 0.25) is 17.1 Å². The summed E-state index contributed by atoms with van der Waals surface area (Å²) in [7, 11) is 4.28. The quantitative estimate of drug-likeness (QED) is 0.0518. The van der Waals surface area contributed by atoms with Crippen molar-refractivity contribution in [2.24, 2.45) is 9.98 Å². The number of fused-ring (bicyclic) bond motifs is 6. The molecule has 6 aromatic rings. The first kappa shape index (κ1) is 77.8. The van der Waals surface area contributed by atoms with Crippen LogP contribution in [0.3, 0.4) is 0 Å². The Labute approximate surface area is 596 Å². The number of carboxylic acids is 2. The monoisotopic (exact) mass is 1460 g/mol. The van der Waals surface area contributed by atoms with E-state index >= 15 is 0 Å². The Morgan fingerprint density at radius 3 is 1.34 bits per heavy atom. The number of halogens is 3. The zero-order chi connectivity index (χ0) is 66.4. The summed E-state index contributed by atoms with van der Waals surface area (Å²) in [4.78, 5) is 32.9. The van der Waals surface area contributed by atoms with Gasteiger partial charge in [-0.3, -0.25) is 19.6 Å². The van der Waals surface area contributed by atoms with Crippen LogP contribution in [-0.2, 0) is 42.1 Å². The summed E-state index contributed by atoms with van der Waals surface area (Å²) >= 11 is 0. The average Bonchev–Trinajstić information content (AvgIpc) is 1.63. The van der Waals surface area contributed by atoms with Gasteiger partial charge in [0.05, 0.1) is 27.6 Å². The summed E-state index contributed by atoms with van der Waals surface area (Å²) in [6, 6.07) is 51.0. The molecule has 0 saturated carbocycles. The lowest BCUT2D eigenvalue weighted by Gasteiger charge is -2.27. The maximum absolute atomic E-state index is 10.9. The fourth-order valence-corrected chi connectivity index (χ4v) is 13.7. The molecule has 6 aliphatic rings. The van der Waals surface area contributed by atoms with Gasteiger partial charge in [0.25, 0.3) is 0 Å². The number of anilines is 1. The van der Waals surface area contributed by atoms with E-state index in [1.54, 1.807) is 0 Å². The highest BCUT2D eigenvalue weighted by atomic mass is 127. The van der Waals surface area contributed by atoms with Crippen LogP contribution < -0.4 is 58.3 Å². The normalized spacial score (nSPS) is 17.9. The number of carbonyl (C=O) groups is 2. The number of benzene rings is 6. The molecule has 0 atom stereocenters. The molecule has 500 valence electrons. The molecule has 6 aromatic carbocycles. The van der Waals surface area contributed by atoms with Gasteiger partial charge in [-0.1, -0.05) is 169 Å². The Hall–Kier alpha value is -6.87. The predicted molar refractivity (Wildman–Crippen MR) is 382 cm³/mol. The minimum atomic E-state index is -0.727. The summed E-state index contributed by atoms with van der Waals surface area (Å²) in [5, 5.41) is 17.7. The smallest absolute Gasteiger partial charge is 0.303 e. The van der Waals surface area contributed by atoms with Crippen molar-refractivity contribution in [3.63, 3.8) is 0 Å². The number of allylic oxidation sites excluding steroid dienone is 6. The molecule has 12 rings (SSSR count). The number of rotatable bonds is 13. The van der Waals surface area contributed by atoms with E-state index < -0.39 is 11.9 Å². The predicted octanol–water partition coefficient (Wildman–Crippen LogP) is 9.94. The van der Waals surface area contributed by atoms with Crippen LogP contribution >= 0.6 is 0 Å². The molecule has 6 aliphatic heterocycles. The average molecular weight is 1460 g/mol. The van der Waals surface area contributed by atoms with Crippen molar-refractivity contribution in [1.82, 2.24) is 0 Å². The van der Waals surface area contributed by atoms with Crippen molar-refractivity contribution in [3.8, 4) is 0 Å². The summed E-state index contributed by atoms with van der Waals surface area (Å²) in [5.74, 6) is -1.43. The zero-order valence-electron chi connectivity index (χ0n) is 58.9. The lowest BCUT2D eigenvalue weighted by molar-refractivity contribution is -0.439. The molecule has 0 spiro atoms. The second-order valence-corrected chi connectivity index (χ2v) is 28.2. The Kier molecular flexibility index (Phi) is 26.3. The minimum Gasteiger partial charge on any atom is -1.00 e. The lowest BCUT2D eigenvalue weighted by atomic mass is 9.81. The van der Waals surface area contributed by atoms with Crippen molar-refractivity contribution in [1.29, 1.82) is 0 Å². The van der Waals surface area contributed by atoms with Gasteiger partial charge in [0.15, 0.2) is 17.1 Å². The molecule has 0 aliphatic carbocycles. The SMILES string of the molecule is CC1=Nc2ccccc2C1(C)C.CC1=Nc2ccccc2C1(C)C.CC1=[N+](C)c2ccccc2C1(C)C.CC1=[N+](CCCCC(=O)O)c2ccccc2C1(C)C.C[N+]1=C(/C=C/C=C/C=C2/N(CCCCC(=O)O)c3ccccc3C2(C)C)C(C)(C)c2ccccc21.[Br-].[Cl-].[I-]. The fraction of sp³-hybridized carbons (Fsp3) is 0.395. The van der Waals surface area contributed by atoms with Crippen molar-refractivity contribution in [2.45, 2.75) is 182 Å². The highest BCUT2D eigenvalue weighted by molar-refractivity contribution is 6.03. The van der Waals surface area contributed by atoms with E-state index in [0.29, 0.717) is 6.42 Å².